The predicted octanol–water partition coefficient (Wildman–Crippen LogP) is 3.24. The van der Waals surface area contributed by atoms with Gasteiger partial charge in [0.1, 0.15) is 11.4 Å². The van der Waals surface area contributed by atoms with E-state index in [1.165, 1.54) is 16.4 Å². The third kappa shape index (κ3) is 5.16. The van der Waals surface area contributed by atoms with Crippen molar-refractivity contribution >= 4 is 21.9 Å². The van der Waals surface area contributed by atoms with E-state index in [1.54, 1.807) is 51.1 Å². The van der Waals surface area contributed by atoms with Crippen LogP contribution in [-0.2, 0) is 14.8 Å². The van der Waals surface area contributed by atoms with Crippen LogP contribution in [-0.4, -0.2) is 53.7 Å². The van der Waals surface area contributed by atoms with Gasteiger partial charge in [-0.25, -0.2) is 18.2 Å². The topological polar surface area (TPSA) is 109 Å². The van der Waals surface area contributed by atoms with E-state index in [0.717, 1.165) is 6.42 Å². The molecule has 2 aromatic rings. The molecule has 162 valence electrons. The number of hydrogen-bond acceptors (Lipinski definition) is 6. The van der Waals surface area contributed by atoms with Crippen LogP contribution in [0.2, 0.25) is 0 Å². The minimum Gasteiger partial charge on any atom is -0.444 e. The second-order valence-electron chi connectivity index (χ2n) is 8.15. The molecular formula is C21H27N3O5S. The molecule has 1 amide bonds. The number of anilines is 1. The molecule has 0 spiro atoms. The van der Waals surface area contributed by atoms with Crippen molar-refractivity contribution in [2.24, 2.45) is 0 Å². The largest absolute Gasteiger partial charge is 0.444 e. The van der Waals surface area contributed by atoms with Gasteiger partial charge in [-0.15, -0.1) is 0 Å². The zero-order valence-corrected chi connectivity index (χ0v) is 18.1. The van der Waals surface area contributed by atoms with Gasteiger partial charge in [0, 0.05) is 18.2 Å². The summed E-state index contributed by atoms with van der Waals surface area (Å²) in [6, 6.07) is 11.2. The molecule has 1 aliphatic heterocycles. The molecule has 0 bridgehead atoms. The number of hydrogen-bond donors (Lipinski definition) is 2. The van der Waals surface area contributed by atoms with Crippen LogP contribution >= 0.6 is 0 Å². The molecule has 0 aliphatic carbocycles. The molecule has 1 saturated heterocycles. The maximum Gasteiger partial charge on any atom is 0.413 e. The van der Waals surface area contributed by atoms with Gasteiger partial charge in [0.25, 0.3) is 0 Å². The number of carbonyl (C=O) groups excluding carboxylic acids is 1. The van der Waals surface area contributed by atoms with Gasteiger partial charge < -0.3 is 9.84 Å². The number of pyridine rings is 1. The number of aliphatic hydroxyl groups excluding tert-OH is 1. The van der Waals surface area contributed by atoms with Gasteiger partial charge in [0.05, 0.1) is 17.2 Å². The van der Waals surface area contributed by atoms with Gasteiger partial charge in [0.2, 0.25) is 10.0 Å². The Labute approximate surface area is 176 Å². The van der Waals surface area contributed by atoms with Crippen LogP contribution in [0, 0.1) is 0 Å². The van der Waals surface area contributed by atoms with E-state index < -0.39 is 21.7 Å². The Hall–Kier alpha value is -2.49. The molecule has 8 nitrogen and oxygen atoms in total. The van der Waals surface area contributed by atoms with Crippen LogP contribution in [0.5, 0.6) is 0 Å². The summed E-state index contributed by atoms with van der Waals surface area (Å²) in [4.78, 5) is 16.5. The first kappa shape index (κ1) is 22.2. The van der Waals surface area contributed by atoms with Gasteiger partial charge in [-0.1, -0.05) is 18.2 Å². The van der Waals surface area contributed by atoms with E-state index >= 15 is 0 Å². The number of nitrogens with one attached hydrogen (secondary N) is 1. The fraction of sp³-hybridized carbons (Fsp3) is 0.429. The summed E-state index contributed by atoms with van der Waals surface area (Å²) in [5.74, 6) is 0.335. The number of amides is 1. The zero-order chi connectivity index (χ0) is 21.9. The lowest BCUT2D eigenvalue weighted by Gasteiger charge is -2.22. The Morgan fingerprint density at radius 2 is 1.93 bits per heavy atom. The summed E-state index contributed by atoms with van der Waals surface area (Å²) in [6.45, 7) is 5.55. The standard InChI is InChI=1S/C21H27N3O5S/c1-21(2,3)29-20(26)23-19-8-4-7-18(22-19)15-9-11-17(12-10-15)30(27,28)24-13-5-6-16(24)14-25/h4,7-12,16,25H,5-6,13-14H2,1-3H3,(H,22,23,26). The smallest absolute Gasteiger partial charge is 0.413 e. The van der Waals surface area contributed by atoms with Crippen molar-refractivity contribution in [1.82, 2.24) is 9.29 Å². The summed E-state index contributed by atoms with van der Waals surface area (Å²) in [5, 5.41) is 12.0. The van der Waals surface area contributed by atoms with Crippen molar-refractivity contribution < 1.29 is 23.1 Å². The van der Waals surface area contributed by atoms with E-state index in [-0.39, 0.29) is 17.5 Å². The van der Waals surface area contributed by atoms with Gasteiger partial charge in [0.15, 0.2) is 0 Å². The summed E-state index contributed by atoms with van der Waals surface area (Å²) < 4.78 is 32.4. The van der Waals surface area contributed by atoms with Crippen LogP contribution in [0.3, 0.4) is 0 Å². The fourth-order valence-corrected chi connectivity index (χ4v) is 5.00. The highest BCUT2D eigenvalue weighted by molar-refractivity contribution is 7.89. The quantitative estimate of drug-likeness (QED) is 0.749. The first-order valence-electron chi connectivity index (χ1n) is 9.80. The Balaban J connectivity index is 1.77. The average Bonchev–Trinajstić information content (AvgIpc) is 3.16. The number of aliphatic hydroxyl groups is 1. The van der Waals surface area contributed by atoms with Gasteiger partial charge in [-0.05, 0) is 57.9 Å². The fourth-order valence-electron chi connectivity index (χ4n) is 3.31. The van der Waals surface area contributed by atoms with Crippen molar-refractivity contribution in [3.05, 3.63) is 42.5 Å². The Morgan fingerprint density at radius 1 is 1.23 bits per heavy atom. The number of aromatic nitrogens is 1. The molecule has 1 atom stereocenters. The summed E-state index contributed by atoms with van der Waals surface area (Å²) >= 11 is 0. The number of sulfonamides is 1. The normalized spacial score (nSPS) is 17.7. The maximum absolute atomic E-state index is 12.9. The molecule has 0 saturated carbocycles. The number of carbonyl (C=O) groups is 1. The molecule has 2 heterocycles. The van der Waals surface area contributed by atoms with Crippen LogP contribution in [0.1, 0.15) is 33.6 Å². The molecule has 30 heavy (non-hydrogen) atoms. The Kier molecular flexibility index (Phi) is 6.44. The van der Waals surface area contributed by atoms with Crippen molar-refractivity contribution in [3.63, 3.8) is 0 Å². The van der Waals surface area contributed by atoms with Crippen LogP contribution < -0.4 is 5.32 Å². The summed E-state index contributed by atoms with van der Waals surface area (Å²) in [7, 11) is -3.66. The number of nitrogens with zero attached hydrogens (tertiary/aromatic N) is 2. The molecule has 3 rings (SSSR count). The van der Waals surface area contributed by atoms with E-state index in [1.807, 2.05) is 0 Å². The molecule has 1 unspecified atom stereocenters. The molecule has 1 aromatic heterocycles. The lowest BCUT2D eigenvalue weighted by atomic mass is 10.1. The Bertz CT molecular complexity index is 1000. The molecule has 0 radical (unpaired) electrons. The van der Waals surface area contributed by atoms with Gasteiger partial charge in [-0.3, -0.25) is 5.32 Å². The van der Waals surface area contributed by atoms with Gasteiger partial charge in [-0.2, -0.15) is 4.31 Å². The summed E-state index contributed by atoms with van der Waals surface area (Å²) in [6.07, 6.45) is 0.802. The summed E-state index contributed by atoms with van der Waals surface area (Å²) in [5.41, 5.74) is 0.678. The number of benzene rings is 1. The van der Waals surface area contributed by atoms with Gasteiger partial charge >= 0.3 is 6.09 Å². The van der Waals surface area contributed by atoms with Crippen molar-refractivity contribution in [2.45, 2.75) is 50.2 Å². The van der Waals surface area contributed by atoms with Crippen molar-refractivity contribution in [3.8, 4) is 11.3 Å². The Morgan fingerprint density at radius 3 is 2.57 bits per heavy atom. The lowest BCUT2D eigenvalue weighted by Crippen LogP contribution is -2.37. The first-order valence-corrected chi connectivity index (χ1v) is 11.2. The minimum absolute atomic E-state index is 0.176. The second kappa shape index (κ2) is 8.71. The van der Waals surface area contributed by atoms with Crippen LogP contribution in [0.4, 0.5) is 10.6 Å². The highest BCUT2D eigenvalue weighted by Crippen LogP contribution is 2.27. The number of ether oxygens (including phenoxy) is 1. The van der Waals surface area contributed by atoms with E-state index in [2.05, 4.69) is 10.3 Å². The first-order chi connectivity index (χ1) is 14.1. The highest BCUT2D eigenvalue weighted by Gasteiger charge is 2.34. The monoisotopic (exact) mass is 433 g/mol. The van der Waals surface area contributed by atoms with Crippen molar-refractivity contribution in [2.75, 3.05) is 18.5 Å². The molecule has 2 N–H and O–H groups in total. The van der Waals surface area contributed by atoms with E-state index in [0.29, 0.717) is 30.0 Å². The molecule has 1 aliphatic rings. The molecule has 9 heteroatoms. The predicted molar refractivity (Wildman–Crippen MR) is 114 cm³/mol. The third-order valence-corrected chi connectivity index (χ3v) is 6.63. The SMILES string of the molecule is CC(C)(C)OC(=O)Nc1cccc(-c2ccc(S(=O)(=O)N3CCCC3CO)cc2)n1. The maximum atomic E-state index is 12.9. The van der Waals surface area contributed by atoms with Crippen LogP contribution in [0.25, 0.3) is 11.3 Å². The van der Waals surface area contributed by atoms with E-state index in [4.69, 9.17) is 4.74 Å². The van der Waals surface area contributed by atoms with Crippen molar-refractivity contribution in [1.29, 1.82) is 0 Å². The lowest BCUT2D eigenvalue weighted by molar-refractivity contribution is 0.0635. The average molecular weight is 434 g/mol. The molecular weight excluding hydrogens is 406 g/mol. The minimum atomic E-state index is -3.66. The molecule has 1 fully saturated rings. The van der Waals surface area contributed by atoms with Crippen LogP contribution in [0.15, 0.2) is 47.4 Å². The second-order valence-corrected chi connectivity index (χ2v) is 10.0. The third-order valence-electron chi connectivity index (χ3n) is 4.67. The highest BCUT2D eigenvalue weighted by atomic mass is 32.2. The zero-order valence-electron chi connectivity index (χ0n) is 17.3. The number of rotatable bonds is 5. The van der Waals surface area contributed by atoms with E-state index in [9.17, 15) is 18.3 Å². The molecule has 1 aromatic carbocycles.